The van der Waals surface area contributed by atoms with E-state index in [1.165, 1.54) is 0 Å². The van der Waals surface area contributed by atoms with Crippen molar-refractivity contribution in [2.75, 3.05) is 13.7 Å². The molecular weight excluding hydrogens is 170 g/mol. The van der Waals surface area contributed by atoms with Gasteiger partial charge in [-0.05, 0) is 6.42 Å². The van der Waals surface area contributed by atoms with E-state index in [-0.39, 0.29) is 0 Å². The zero-order valence-electron chi connectivity index (χ0n) is 7.66. The second kappa shape index (κ2) is 5.48. The van der Waals surface area contributed by atoms with Gasteiger partial charge in [0.25, 0.3) is 0 Å². The number of aromatic nitrogens is 1. The first-order valence-electron chi connectivity index (χ1n) is 4.23. The van der Waals surface area contributed by atoms with E-state index in [1.807, 2.05) is 0 Å². The molecule has 0 aromatic carbocycles. The van der Waals surface area contributed by atoms with Crippen molar-refractivity contribution < 1.29 is 13.9 Å². The van der Waals surface area contributed by atoms with Crippen molar-refractivity contribution in [3.05, 3.63) is 17.8 Å². The summed E-state index contributed by atoms with van der Waals surface area (Å²) in [5.41, 5.74) is 0. The van der Waals surface area contributed by atoms with Crippen molar-refractivity contribution in [1.29, 1.82) is 0 Å². The SMILES string of the molecule is COCCCc1ncc(CC=O)o1. The Hall–Kier alpha value is -1.16. The van der Waals surface area contributed by atoms with Crippen molar-refractivity contribution in [2.24, 2.45) is 0 Å². The van der Waals surface area contributed by atoms with Crippen molar-refractivity contribution >= 4 is 6.29 Å². The highest BCUT2D eigenvalue weighted by molar-refractivity contribution is 5.52. The summed E-state index contributed by atoms with van der Waals surface area (Å²) in [6.45, 7) is 0.700. The molecule has 1 aromatic rings. The van der Waals surface area contributed by atoms with Gasteiger partial charge in [0.15, 0.2) is 5.89 Å². The highest BCUT2D eigenvalue weighted by Gasteiger charge is 2.02. The quantitative estimate of drug-likeness (QED) is 0.487. The predicted octanol–water partition coefficient (Wildman–Crippen LogP) is 0.995. The Bertz CT molecular complexity index is 257. The highest BCUT2D eigenvalue weighted by Crippen LogP contribution is 2.05. The molecule has 0 N–H and O–H groups in total. The van der Waals surface area contributed by atoms with E-state index in [1.54, 1.807) is 13.3 Å². The molecule has 0 spiro atoms. The zero-order valence-corrected chi connectivity index (χ0v) is 7.66. The lowest BCUT2D eigenvalue weighted by atomic mass is 10.3. The molecule has 1 aromatic heterocycles. The molecule has 0 fully saturated rings. The number of rotatable bonds is 6. The van der Waals surface area contributed by atoms with Crippen LogP contribution in [0.2, 0.25) is 0 Å². The van der Waals surface area contributed by atoms with Crippen LogP contribution < -0.4 is 0 Å². The number of oxazole rings is 1. The Balaban J connectivity index is 2.35. The first-order chi connectivity index (χ1) is 6.36. The molecular formula is C9H13NO3. The molecule has 0 unspecified atom stereocenters. The lowest BCUT2D eigenvalue weighted by molar-refractivity contribution is -0.107. The second-order valence-electron chi connectivity index (χ2n) is 2.69. The Morgan fingerprint density at radius 2 is 2.54 bits per heavy atom. The number of aryl methyl sites for hydroxylation is 1. The van der Waals surface area contributed by atoms with Gasteiger partial charge in [0.1, 0.15) is 12.0 Å². The van der Waals surface area contributed by atoms with Crippen LogP contribution in [0.4, 0.5) is 0 Å². The minimum atomic E-state index is 0.303. The van der Waals surface area contributed by atoms with Gasteiger partial charge in [-0.15, -0.1) is 0 Å². The number of hydrogen-bond donors (Lipinski definition) is 0. The van der Waals surface area contributed by atoms with Crippen LogP contribution >= 0.6 is 0 Å². The van der Waals surface area contributed by atoms with Gasteiger partial charge in [-0.2, -0.15) is 0 Å². The van der Waals surface area contributed by atoms with E-state index in [2.05, 4.69) is 4.98 Å². The summed E-state index contributed by atoms with van der Waals surface area (Å²) in [7, 11) is 1.66. The van der Waals surface area contributed by atoms with Crippen LogP contribution in [-0.2, 0) is 22.4 Å². The molecule has 0 saturated heterocycles. The molecule has 0 bridgehead atoms. The van der Waals surface area contributed by atoms with E-state index in [0.29, 0.717) is 24.7 Å². The van der Waals surface area contributed by atoms with Crippen LogP contribution in [0.3, 0.4) is 0 Å². The van der Waals surface area contributed by atoms with Crippen molar-refractivity contribution in [2.45, 2.75) is 19.3 Å². The molecule has 0 atom stereocenters. The van der Waals surface area contributed by atoms with E-state index >= 15 is 0 Å². The summed E-state index contributed by atoms with van der Waals surface area (Å²) >= 11 is 0. The maximum Gasteiger partial charge on any atom is 0.194 e. The first-order valence-corrected chi connectivity index (χ1v) is 4.23. The number of ether oxygens (including phenoxy) is 1. The van der Waals surface area contributed by atoms with Crippen LogP contribution in [0.5, 0.6) is 0 Å². The van der Waals surface area contributed by atoms with Gasteiger partial charge in [-0.1, -0.05) is 0 Å². The van der Waals surface area contributed by atoms with Gasteiger partial charge in [-0.3, -0.25) is 0 Å². The fourth-order valence-corrected chi connectivity index (χ4v) is 1.01. The van der Waals surface area contributed by atoms with Crippen molar-refractivity contribution in [3.63, 3.8) is 0 Å². The summed E-state index contributed by atoms with van der Waals surface area (Å²) < 4.78 is 10.2. The van der Waals surface area contributed by atoms with E-state index in [4.69, 9.17) is 9.15 Å². The van der Waals surface area contributed by atoms with Gasteiger partial charge in [0, 0.05) is 20.1 Å². The second-order valence-corrected chi connectivity index (χ2v) is 2.69. The third kappa shape index (κ3) is 3.38. The third-order valence-electron chi connectivity index (χ3n) is 1.63. The molecule has 4 heteroatoms. The van der Waals surface area contributed by atoms with Crippen LogP contribution in [-0.4, -0.2) is 25.0 Å². The monoisotopic (exact) mass is 183 g/mol. The molecule has 0 radical (unpaired) electrons. The fraction of sp³-hybridized carbons (Fsp3) is 0.556. The smallest absolute Gasteiger partial charge is 0.194 e. The molecule has 1 rings (SSSR count). The number of aldehydes is 1. The number of carbonyl (C=O) groups is 1. The van der Waals surface area contributed by atoms with Gasteiger partial charge in [0.05, 0.1) is 12.6 Å². The number of carbonyl (C=O) groups excluding carboxylic acids is 1. The Labute approximate surface area is 76.9 Å². The lowest BCUT2D eigenvalue weighted by Gasteiger charge is -1.94. The normalized spacial score (nSPS) is 10.2. The first kappa shape index (κ1) is 9.92. The summed E-state index contributed by atoms with van der Waals surface area (Å²) in [4.78, 5) is 14.2. The summed E-state index contributed by atoms with van der Waals surface area (Å²) in [5, 5.41) is 0. The van der Waals surface area contributed by atoms with E-state index in [9.17, 15) is 4.79 Å². The topological polar surface area (TPSA) is 52.3 Å². The molecule has 0 saturated carbocycles. The lowest BCUT2D eigenvalue weighted by Crippen LogP contribution is -1.92. The predicted molar refractivity (Wildman–Crippen MR) is 46.5 cm³/mol. The van der Waals surface area contributed by atoms with E-state index < -0.39 is 0 Å². The molecule has 72 valence electrons. The number of hydrogen-bond acceptors (Lipinski definition) is 4. The van der Waals surface area contributed by atoms with Crippen LogP contribution in [0, 0.1) is 0 Å². The van der Waals surface area contributed by atoms with Crippen LogP contribution in [0.25, 0.3) is 0 Å². The standard InChI is InChI=1S/C9H13NO3/c1-12-6-2-3-9-10-7-8(13-9)4-5-11/h5,7H,2-4,6H2,1H3. The fourth-order valence-electron chi connectivity index (χ4n) is 1.01. The molecule has 13 heavy (non-hydrogen) atoms. The minimum absolute atomic E-state index is 0.303. The molecule has 1 heterocycles. The summed E-state index contributed by atoms with van der Waals surface area (Å²) in [6.07, 6.45) is 4.34. The van der Waals surface area contributed by atoms with E-state index in [0.717, 1.165) is 19.1 Å². The largest absolute Gasteiger partial charge is 0.445 e. The third-order valence-corrected chi connectivity index (χ3v) is 1.63. The van der Waals surface area contributed by atoms with Crippen LogP contribution in [0.15, 0.2) is 10.6 Å². The Kier molecular flexibility index (Phi) is 4.18. The number of nitrogens with zero attached hydrogens (tertiary/aromatic N) is 1. The van der Waals surface area contributed by atoms with Crippen molar-refractivity contribution in [1.82, 2.24) is 4.98 Å². The molecule has 0 aliphatic rings. The van der Waals surface area contributed by atoms with Gasteiger partial charge in [-0.25, -0.2) is 4.98 Å². The summed E-state index contributed by atoms with van der Waals surface area (Å²) in [6, 6.07) is 0. The summed E-state index contributed by atoms with van der Waals surface area (Å²) in [5.74, 6) is 1.30. The maximum absolute atomic E-state index is 10.1. The molecule has 0 aliphatic heterocycles. The molecule has 0 aliphatic carbocycles. The Morgan fingerprint density at radius 1 is 1.69 bits per heavy atom. The molecule has 4 nitrogen and oxygen atoms in total. The Morgan fingerprint density at radius 3 is 3.23 bits per heavy atom. The van der Waals surface area contributed by atoms with Gasteiger partial charge >= 0.3 is 0 Å². The van der Waals surface area contributed by atoms with Crippen LogP contribution in [0.1, 0.15) is 18.1 Å². The average molecular weight is 183 g/mol. The van der Waals surface area contributed by atoms with Gasteiger partial charge < -0.3 is 13.9 Å². The average Bonchev–Trinajstić information content (AvgIpc) is 2.54. The highest BCUT2D eigenvalue weighted by atomic mass is 16.5. The van der Waals surface area contributed by atoms with Crippen molar-refractivity contribution in [3.8, 4) is 0 Å². The zero-order chi connectivity index (χ0) is 9.52. The number of methoxy groups -OCH3 is 1. The van der Waals surface area contributed by atoms with Gasteiger partial charge in [0.2, 0.25) is 0 Å². The minimum Gasteiger partial charge on any atom is -0.445 e. The molecule has 0 amide bonds. The maximum atomic E-state index is 10.1.